The van der Waals surface area contributed by atoms with E-state index in [9.17, 15) is 4.79 Å². The highest BCUT2D eigenvalue weighted by Crippen LogP contribution is 2.28. The van der Waals surface area contributed by atoms with Gasteiger partial charge in [-0.25, -0.2) is 4.68 Å². The number of halogens is 2. The van der Waals surface area contributed by atoms with Gasteiger partial charge in [0.2, 0.25) is 0 Å². The highest BCUT2D eigenvalue weighted by atomic mass is 35.5. The van der Waals surface area contributed by atoms with Gasteiger partial charge in [0.25, 0.3) is 5.91 Å². The van der Waals surface area contributed by atoms with Crippen LogP contribution in [0.1, 0.15) is 35.8 Å². The molecular formula is C20H28Cl2N4O2. The Morgan fingerprint density at radius 2 is 2.14 bits per heavy atom. The summed E-state index contributed by atoms with van der Waals surface area (Å²) in [7, 11) is 1.72. The van der Waals surface area contributed by atoms with Crippen LogP contribution in [0.3, 0.4) is 0 Å². The van der Waals surface area contributed by atoms with E-state index in [1.807, 2.05) is 31.2 Å². The second-order valence-electron chi connectivity index (χ2n) is 7.12. The molecule has 8 heteroatoms. The van der Waals surface area contributed by atoms with E-state index in [-0.39, 0.29) is 23.7 Å². The summed E-state index contributed by atoms with van der Waals surface area (Å²) in [5.74, 6) is -0.0888. The lowest BCUT2D eigenvalue weighted by atomic mass is 9.79. The van der Waals surface area contributed by atoms with Crippen molar-refractivity contribution < 1.29 is 9.53 Å². The molecule has 2 heterocycles. The molecule has 3 rings (SSSR count). The lowest BCUT2D eigenvalue weighted by molar-refractivity contribution is 0.0511. The fraction of sp³-hybridized carbons (Fsp3) is 0.500. The third kappa shape index (κ3) is 5.06. The van der Waals surface area contributed by atoms with E-state index in [1.165, 1.54) is 0 Å². The van der Waals surface area contributed by atoms with Gasteiger partial charge in [-0.1, -0.05) is 24.6 Å². The van der Waals surface area contributed by atoms with Crippen molar-refractivity contribution in [3.8, 4) is 5.69 Å². The van der Waals surface area contributed by atoms with Crippen LogP contribution in [0.5, 0.6) is 0 Å². The zero-order chi connectivity index (χ0) is 19.3. The van der Waals surface area contributed by atoms with Crippen molar-refractivity contribution in [1.29, 1.82) is 0 Å². The Bertz CT molecular complexity index is 783. The molecule has 1 saturated heterocycles. The maximum absolute atomic E-state index is 12.9. The van der Waals surface area contributed by atoms with Gasteiger partial charge in [-0.05, 0) is 50.6 Å². The first-order chi connectivity index (χ1) is 13.1. The summed E-state index contributed by atoms with van der Waals surface area (Å²) in [6, 6.07) is 7.48. The van der Waals surface area contributed by atoms with Crippen LogP contribution in [0.25, 0.3) is 5.69 Å². The average Bonchev–Trinajstić information content (AvgIpc) is 3.11. The molecule has 154 valence electrons. The first-order valence-corrected chi connectivity index (χ1v) is 9.77. The molecule has 0 radical (unpaired) electrons. The predicted octanol–water partition coefficient (Wildman–Crippen LogP) is 3.26. The number of rotatable bonds is 7. The van der Waals surface area contributed by atoms with E-state index in [4.69, 9.17) is 16.3 Å². The SMILES string of the molecule is CCc1c(C(=O)NCC2(COC)CCNCC2)cnn1-c1cccc(Cl)c1.Cl. The second-order valence-corrected chi connectivity index (χ2v) is 7.55. The molecule has 2 N–H and O–H groups in total. The van der Waals surface area contributed by atoms with Crippen molar-refractivity contribution >= 4 is 29.9 Å². The van der Waals surface area contributed by atoms with Crippen molar-refractivity contribution in [2.75, 3.05) is 33.4 Å². The number of methoxy groups -OCH3 is 1. The number of carbonyl (C=O) groups excluding carboxylic acids is 1. The highest BCUT2D eigenvalue weighted by Gasteiger charge is 2.33. The van der Waals surface area contributed by atoms with Crippen molar-refractivity contribution in [3.63, 3.8) is 0 Å². The lowest BCUT2D eigenvalue weighted by Gasteiger charge is -2.37. The van der Waals surface area contributed by atoms with Crippen LogP contribution in [0.15, 0.2) is 30.5 Å². The normalized spacial score (nSPS) is 15.7. The Hall–Kier alpha value is -1.60. The van der Waals surface area contributed by atoms with Gasteiger partial charge in [-0.2, -0.15) is 5.10 Å². The number of aromatic nitrogens is 2. The summed E-state index contributed by atoms with van der Waals surface area (Å²) < 4.78 is 7.22. The van der Waals surface area contributed by atoms with Crippen molar-refractivity contribution in [3.05, 3.63) is 46.7 Å². The van der Waals surface area contributed by atoms with Crippen molar-refractivity contribution in [1.82, 2.24) is 20.4 Å². The number of hydrogen-bond acceptors (Lipinski definition) is 4. The molecule has 0 atom stereocenters. The summed E-state index contributed by atoms with van der Waals surface area (Å²) in [4.78, 5) is 12.9. The molecule has 1 aromatic carbocycles. The fourth-order valence-electron chi connectivity index (χ4n) is 3.73. The molecule has 1 aliphatic heterocycles. The Balaban J connectivity index is 0.00000280. The number of amides is 1. The number of piperidine rings is 1. The average molecular weight is 427 g/mol. The van der Waals surface area contributed by atoms with Gasteiger partial charge in [0.1, 0.15) is 0 Å². The monoisotopic (exact) mass is 426 g/mol. The molecular weight excluding hydrogens is 399 g/mol. The van der Waals surface area contributed by atoms with E-state index in [1.54, 1.807) is 18.0 Å². The summed E-state index contributed by atoms with van der Waals surface area (Å²) in [5.41, 5.74) is 2.33. The fourth-order valence-corrected chi connectivity index (χ4v) is 3.92. The Kier molecular flexibility index (Phi) is 8.31. The molecule has 28 heavy (non-hydrogen) atoms. The smallest absolute Gasteiger partial charge is 0.254 e. The summed E-state index contributed by atoms with van der Waals surface area (Å²) in [6.45, 7) is 5.18. The maximum atomic E-state index is 12.9. The van der Waals surface area contributed by atoms with Crippen LogP contribution in [-0.2, 0) is 11.2 Å². The van der Waals surface area contributed by atoms with Gasteiger partial charge in [0, 0.05) is 24.1 Å². The molecule has 0 spiro atoms. The van der Waals surface area contributed by atoms with Crippen LogP contribution >= 0.6 is 24.0 Å². The van der Waals surface area contributed by atoms with E-state index in [0.29, 0.717) is 30.2 Å². The molecule has 0 unspecified atom stereocenters. The minimum absolute atomic E-state index is 0. The van der Waals surface area contributed by atoms with E-state index in [2.05, 4.69) is 15.7 Å². The van der Waals surface area contributed by atoms with Gasteiger partial charge in [0.05, 0.1) is 29.7 Å². The number of carbonyl (C=O) groups is 1. The summed E-state index contributed by atoms with van der Waals surface area (Å²) in [6.07, 6.45) is 4.32. The van der Waals surface area contributed by atoms with E-state index < -0.39 is 0 Å². The quantitative estimate of drug-likeness (QED) is 0.712. The van der Waals surface area contributed by atoms with Crippen LogP contribution in [0.4, 0.5) is 0 Å². The van der Waals surface area contributed by atoms with Crippen LogP contribution in [0.2, 0.25) is 5.02 Å². The topological polar surface area (TPSA) is 68.2 Å². The van der Waals surface area contributed by atoms with Crippen LogP contribution in [0, 0.1) is 5.41 Å². The van der Waals surface area contributed by atoms with Crippen LogP contribution < -0.4 is 10.6 Å². The van der Waals surface area contributed by atoms with E-state index >= 15 is 0 Å². The Morgan fingerprint density at radius 1 is 1.39 bits per heavy atom. The summed E-state index contributed by atoms with van der Waals surface area (Å²) >= 11 is 6.10. The Morgan fingerprint density at radius 3 is 2.79 bits per heavy atom. The molecule has 1 aliphatic rings. The number of hydrogen-bond donors (Lipinski definition) is 2. The maximum Gasteiger partial charge on any atom is 0.254 e. The molecule has 0 aliphatic carbocycles. The Labute approximate surface area is 177 Å². The number of ether oxygens (including phenoxy) is 1. The van der Waals surface area contributed by atoms with Gasteiger partial charge in [0.15, 0.2) is 0 Å². The standard InChI is InChI=1S/C20H27ClN4O2.ClH/c1-3-18-17(12-24-25(18)16-6-4-5-15(21)11-16)19(26)23-13-20(14-27-2)7-9-22-10-8-20;/h4-6,11-12,22H,3,7-10,13-14H2,1-2H3,(H,23,26);1H. The minimum atomic E-state index is -0.0888. The molecule has 0 bridgehead atoms. The van der Waals surface area contributed by atoms with Crippen molar-refractivity contribution in [2.24, 2.45) is 5.41 Å². The number of benzene rings is 1. The highest BCUT2D eigenvalue weighted by molar-refractivity contribution is 6.30. The third-order valence-electron chi connectivity index (χ3n) is 5.24. The molecule has 6 nitrogen and oxygen atoms in total. The van der Waals surface area contributed by atoms with Crippen LogP contribution in [-0.4, -0.2) is 49.0 Å². The van der Waals surface area contributed by atoms with Gasteiger partial charge in [-0.15, -0.1) is 12.4 Å². The second kappa shape index (κ2) is 10.3. The zero-order valence-electron chi connectivity index (χ0n) is 16.3. The van der Waals surface area contributed by atoms with Gasteiger partial charge >= 0.3 is 0 Å². The molecule has 1 amide bonds. The molecule has 1 aromatic heterocycles. The molecule has 1 fully saturated rings. The number of nitrogens with one attached hydrogen (secondary N) is 2. The first-order valence-electron chi connectivity index (χ1n) is 9.39. The predicted molar refractivity (Wildman–Crippen MR) is 114 cm³/mol. The first kappa shape index (κ1) is 22.7. The molecule has 2 aromatic rings. The minimum Gasteiger partial charge on any atom is -0.384 e. The third-order valence-corrected chi connectivity index (χ3v) is 5.47. The van der Waals surface area contributed by atoms with Gasteiger partial charge < -0.3 is 15.4 Å². The molecule has 0 saturated carbocycles. The van der Waals surface area contributed by atoms with Crippen molar-refractivity contribution in [2.45, 2.75) is 26.2 Å². The summed E-state index contributed by atoms with van der Waals surface area (Å²) in [5, 5.41) is 11.6. The zero-order valence-corrected chi connectivity index (χ0v) is 17.9. The van der Waals surface area contributed by atoms with Gasteiger partial charge in [-0.3, -0.25) is 4.79 Å². The largest absolute Gasteiger partial charge is 0.384 e. The number of nitrogens with zero attached hydrogens (tertiary/aromatic N) is 2. The van der Waals surface area contributed by atoms with E-state index in [0.717, 1.165) is 37.3 Å². The lowest BCUT2D eigenvalue weighted by Crippen LogP contribution is -2.47.